The molecule has 2 aromatic rings. The van der Waals surface area contributed by atoms with Crippen LogP contribution in [-0.4, -0.2) is 32.7 Å². The highest BCUT2D eigenvalue weighted by atomic mass is 79.9. The lowest BCUT2D eigenvalue weighted by atomic mass is 10.1. The highest BCUT2D eigenvalue weighted by Gasteiger charge is 2.22. The van der Waals surface area contributed by atoms with Gasteiger partial charge in [0, 0.05) is 30.7 Å². The third kappa shape index (κ3) is 4.23. The number of carbonyl (C=O) groups is 1. The molecule has 0 spiro atoms. The molecule has 0 aromatic heterocycles. The van der Waals surface area contributed by atoms with Gasteiger partial charge in [0.05, 0.1) is 4.90 Å². The van der Waals surface area contributed by atoms with Crippen molar-refractivity contribution < 1.29 is 13.2 Å². The van der Waals surface area contributed by atoms with Gasteiger partial charge in [0.25, 0.3) is 5.91 Å². The molecule has 0 saturated heterocycles. The molecule has 0 aliphatic carbocycles. The van der Waals surface area contributed by atoms with E-state index in [2.05, 4.69) is 21.2 Å². The molecule has 0 fully saturated rings. The molecule has 128 valence electrons. The molecule has 0 bridgehead atoms. The van der Waals surface area contributed by atoms with Crippen molar-refractivity contribution in [2.24, 2.45) is 0 Å². The Kier molecular flexibility index (Phi) is 5.79. The maximum absolute atomic E-state index is 12.3. The fraction of sp³-hybridized carbons (Fsp3) is 0.235. The highest BCUT2D eigenvalue weighted by molar-refractivity contribution is 9.10. The minimum atomic E-state index is -3.63. The molecule has 1 N–H and O–H groups in total. The molecule has 7 heteroatoms. The lowest BCUT2D eigenvalue weighted by Crippen LogP contribution is -2.25. The first-order valence-corrected chi connectivity index (χ1v) is 9.51. The highest BCUT2D eigenvalue weighted by Crippen LogP contribution is 2.25. The van der Waals surface area contributed by atoms with Crippen LogP contribution in [0, 0.1) is 6.92 Å². The van der Waals surface area contributed by atoms with Gasteiger partial charge < -0.3 is 5.32 Å². The molecule has 2 aromatic carbocycles. The normalized spacial score (nSPS) is 11.5. The fourth-order valence-electron chi connectivity index (χ4n) is 2.15. The Morgan fingerprint density at radius 3 is 2.50 bits per heavy atom. The van der Waals surface area contributed by atoms with E-state index in [1.54, 1.807) is 12.1 Å². The molecule has 0 atom stereocenters. The van der Waals surface area contributed by atoms with Gasteiger partial charge in [-0.3, -0.25) is 4.79 Å². The van der Waals surface area contributed by atoms with Gasteiger partial charge in [-0.1, -0.05) is 29.8 Å². The summed E-state index contributed by atoms with van der Waals surface area (Å²) in [7, 11) is -0.729. The van der Waals surface area contributed by atoms with Crippen LogP contribution in [0.1, 0.15) is 21.5 Å². The van der Waals surface area contributed by atoms with E-state index in [4.69, 9.17) is 0 Å². The predicted octanol–water partition coefficient (Wildman–Crippen LogP) is 2.94. The zero-order valence-corrected chi connectivity index (χ0v) is 16.1. The van der Waals surface area contributed by atoms with Crippen molar-refractivity contribution in [3.63, 3.8) is 0 Å². The number of hydrogen-bond donors (Lipinski definition) is 1. The van der Waals surface area contributed by atoms with Crippen LogP contribution in [-0.2, 0) is 16.6 Å². The number of rotatable bonds is 5. The lowest BCUT2D eigenvalue weighted by Gasteiger charge is -2.14. The van der Waals surface area contributed by atoms with E-state index in [0.29, 0.717) is 16.6 Å². The molecule has 0 heterocycles. The second-order valence-electron chi connectivity index (χ2n) is 5.60. The van der Waals surface area contributed by atoms with Gasteiger partial charge in [0.2, 0.25) is 10.0 Å². The molecule has 5 nitrogen and oxygen atoms in total. The molecule has 0 unspecified atom stereocenters. The SMILES string of the molecule is Cc1cccc(CNC(=O)c2ccc(Br)c(S(=O)(=O)N(C)C)c2)c1. The maximum atomic E-state index is 12.3. The summed E-state index contributed by atoms with van der Waals surface area (Å²) in [4.78, 5) is 12.4. The van der Waals surface area contributed by atoms with Crippen LogP contribution in [0.25, 0.3) is 0 Å². The first-order valence-electron chi connectivity index (χ1n) is 7.27. The number of nitrogens with one attached hydrogen (secondary N) is 1. The molecular formula is C17H19BrN2O3S. The second-order valence-corrected chi connectivity index (χ2v) is 8.58. The van der Waals surface area contributed by atoms with Crippen molar-refractivity contribution in [1.29, 1.82) is 0 Å². The Labute approximate surface area is 150 Å². The Balaban J connectivity index is 2.21. The molecule has 24 heavy (non-hydrogen) atoms. The number of amides is 1. The number of benzene rings is 2. The van der Waals surface area contributed by atoms with Gasteiger partial charge in [-0.25, -0.2) is 12.7 Å². The molecule has 1 amide bonds. The van der Waals surface area contributed by atoms with Crippen molar-refractivity contribution in [2.45, 2.75) is 18.4 Å². The molecule has 2 rings (SSSR count). The van der Waals surface area contributed by atoms with Crippen molar-refractivity contribution in [1.82, 2.24) is 9.62 Å². The van der Waals surface area contributed by atoms with Gasteiger partial charge in [-0.05, 0) is 46.6 Å². The quantitative estimate of drug-likeness (QED) is 0.823. The number of sulfonamides is 1. The van der Waals surface area contributed by atoms with Crippen molar-refractivity contribution in [3.05, 3.63) is 63.6 Å². The van der Waals surface area contributed by atoms with Gasteiger partial charge in [0.1, 0.15) is 0 Å². The molecule has 0 radical (unpaired) electrons. The van der Waals surface area contributed by atoms with Gasteiger partial charge in [0.15, 0.2) is 0 Å². The Bertz CT molecular complexity index is 864. The van der Waals surface area contributed by atoms with Crippen LogP contribution in [0.2, 0.25) is 0 Å². The molecule has 0 saturated carbocycles. The summed E-state index contributed by atoms with van der Waals surface area (Å²) in [6, 6.07) is 12.4. The third-order valence-corrected chi connectivity index (χ3v) is 6.30. The van der Waals surface area contributed by atoms with E-state index in [9.17, 15) is 13.2 Å². The van der Waals surface area contributed by atoms with Gasteiger partial charge in [-0.15, -0.1) is 0 Å². The number of carbonyl (C=O) groups excluding carboxylic acids is 1. The zero-order valence-electron chi connectivity index (χ0n) is 13.7. The summed E-state index contributed by atoms with van der Waals surface area (Å²) in [6.45, 7) is 2.37. The van der Waals surface area contributed by atoms with Crippen molar-refractivity contribution >= 4 is 31.9 Å². The summed E-state index contributed by atoms with van der Waals surface area (Å²) in [5.41, 5.74) is 2.40. The standard InChI is InChI=1S/C17H19BrN2O3S/c1-12-5-4-6-13(9-12)11-19-17(21)14-7-8-15(18)16(10-14)24(22,23)20(2)3/h4-10H,11H2,1-3H3,(H,19,21). The third-order valence-electron chi connectivity index (χ3n) is 3.49. The Morgan fingerprint density at radius 2 is 1.88 bits per heavy atom. The van der Waals surface area contributed by atoms with Crippen molar-refractivity contribution in [2.75, 3.05) is 14.1 Å². The maximum Gasteiger partial charge on any atom is 0.251 e. The smallest absolute Gasteiger partial charge is 0.251 e. The van der Waals surface area contributed by atoms with Crippen LogP contribution >= 0.6 is 15.9 Å². The zero-order chi connectivity index (χ0) is 17.9. The van der Waals surface area contributed by atoms with Crippen LogP contribution in [0.3, 0.4) is 0 Å². The first kappa shape index (κ1) is 18.6. The second kappa shape index (κ2) is 7.46. The molecule has 0 aliphatic heterocycles. The number of halogens is 1. The summed E-state index contributed by atoms with van der Waals surface area (Å²) in [6.07, 6.45) is 0. The summed E-state index contributed by atoms with van der Waals surface area (Å²) in [5.74, 6) is -0.320. The monoisotopic (exact) mass is 410 g/mol. The van der Waals surface area contributed by atoms with E-state index in [1.807, 2.05) is 31.2 Å². The lowest BCUT2D eigenvalue weighted by molar-refractivity contribution is 0.0950. The molecular weight excluding hydrogens is 392 g/mol. The summed E-state index contributed by atoms with van der Waals surface area (Å²) < 4.78 is 26.2. The number of aryl methyl sites for hydroxylation is 1. The van der Waals surface area contributed by atoms with Crippen LogP contribution in [0.4, 0.5) is 0 Å². The van der Waals surface area contributed by atoms with E-state index < -0.39 is 10.0 Å². The summed E-state index contributed by atoms with van der Waals surface area (Å²) in [5, 5.41) is 2.81. The van der Waals surface area contributed by atoms with Crippen LogP contribution in [0.15, 0.2) is 51.8 Å². The predicted molar refractivity (Wildman–Crippen MR) is 97.4 cm³/mol. The average Bonchev–Trinajstić information content (AvgIpc) is 2.52. The average molecular weight is 411 g/mol. The topological polar surface area (TPSA) is 66.5 Å². The fourth-order valence-corrected chi connectivity index (χ4v) is 3.99. The number of nitrogens with zero attached hydrogens (tertiary/aromatic N) is 1. The van der Waals surface area contributed by atoms with Crippen molar-refractivity contribution in [3.8, 4) is 0 Å². The minimum Gasteiger partial charge on any atom is -0.348 e. The summed E-state index contributed by atoms with van der Waals surface area (Å²) >= 11 is 3.23. The van der Waals surface area contributed by atoms with E-state index in [1.165, 1.54) is 20.2 Å². The van der Waals surface area contributed by atoms with Crippen LogP contribution < -0.4 is 5.32 Å². The van der Waals surface area contributed by atoms with Gasteiger partial charge >= 0.3 is 0 Å². The van der Waals surface area contributed by atoms with Gasteiger partial charge in [-0.2, -0.15) is 0 Å². The number of hydrogen-bond acceptors (Lipinski definition) is 3. The first-order chi connectivity index (χ1) is 11.2. The minimum absolute atomic E-state index is 0.0655. The largest absolute Gasteiger partial charge is 0.348 e. The Morgan fingerprint density at radius 1 is 1.17 bits per heavy atom. The van der Waals surface area contributed by atoms with E-state index >= 15 is 0 Å². The Hall–Kier alpha value is -1.70. The van der Waals surface area contributed by atoms with Crippen LogP contribution in [0.5, 0.6) is 0 Å². The van der Waals surface area contributed by atoms with E-state index in [0.717, 1.165) is 15.4 Å². The molecule has 0 aliphatic rings. The van der Waals surface area contributed by atoms with E-state index in [-0.39, 0.29) is 10.8 Å².